The van der Waals surface area contributed by atoms with Crippen LogP contribution in [0.1, 0.15) is 71.1 Å². The summed E-state index contributed by atoms with van der Waals surface area (Å²) in [5.41, 5.74) is 3.41. The highest BCUT2D eigenvalue weighted by atomic mass is 79.9. The molecule has 0 saturated carbocycles. The van der Waals surface area contributed by atoms with Gasteiger partial charge in [-0.1, -0.05) is 34.1 Å². The topological polar surface area (TPSA) is 73.9 Å². The van der Waals surface area contributed by atoms with E-state index in [1.165, 1.54) is 0 Å². The maximum Gasteiger partial charge on any atom is 0.407 e. The summed E-state index contributed by atoms with van der Waals surface area (Å²) in [4.78, 5) is 24.1. The fourth-order valence-corrected chi connectivity index (χ4v) is 4.44. The largest absolute Gasteiger partial charge is 0.492 e. The summed E-state index contributed by atoms with van der Waals surface area (Å²) in [7, 11) is 0. The molecule has 1 aliphatic carbocycles. The van der Waals surface area contributed by atoms with E-state index in [-0.39, 0.29) is 5.97 Å². The van der Waals surface area contributed by atoms with Crippen molar-refractivity contribution in [2.45, 2.75) is 66.4 Å². The van der Waals surface area contributed by atoms with Crippen molar-refractivity contribution in [1.29, 1.82) is 0 Å². The first-order valence-electron chi connectivity index (χ1n) is 12.3. The second kappa shape index (κ2) is 11.5. The lowest BCUT2D eigenvalue weighted by atomic mass is 9.93. The number of halogens is 1. The van der Waals surface area contributed by atoms with E-state index in [4.69, 9.17) is 14.2 Å². The molecule has 0 aliphatic heterocycles. The molecule has 3 rings (SSSR count). The van der Waals surface area contributed by atoms with Crippen LogP contribution >= 0.6 is 15.9 Å². The molecule has 36 heavy (non-hydrogen) atoms. The summed E-state index contributed by atoms with van der Waals surface area (Å²) in [6, 6.07) is 13.8. The lowest BCUT2D eigenvalue weighted by Crippen LogP contribution is -2.34. The second-order valence-electron chi connectivity index (χ2n) is 10.9. The molecular formula is C29H36BrNO5. The Balaban J connectivity index is 1.69. The number of benzene rings is 2. The Labute approximate surface area is 222 Å². The zero-order chi connectivity index (χ0) is 26.5. The first kappa shape index (κ1) is 27.8. The molecule has 1 aliphatic rings. The maximum atomic E-state index is 12.3. The van der Waals surface area contributed by atoms with Crippen molar-refractivity contribution in [3.8, 4) is 11.5 Å². The minimum absolute atomic E-state index is 0.245. The minimum atomic E-state index is -0.559. The summed E-state index contributed by atoms with van der Waals surface area (Å²) in [5.74, 6) is 1.06. The van der Waals surface area contributed by atoms with Crippen LogP contribution in [-0.2, 0) is 16.0 Å². The van der Waals surface area contributed by atoms with Gasteiger partial charge in [-0.05, 0) is 107 Å². The summed E-state index contributed by atoms with van der Waals surface area (Å²) in [6.45, 7) is 11.7. The highest BCUT2D eigenvalue weighted by molar-refractivity contribution is 9.11. The number of ether oxygens (including phenoxy) is 3. The Kier molecular flexibility index (Phi) is 8.88. The van der Waals surface area contributed by atoms with Crippen LogP contribution in [0.3, 0.4) is 0 Å². The number of carbonyl (C=O) groups excluding carboxylic acids is 2. The number of hydrogen-bond donors (Lipinski definition) is 1. The molecule has 7 heteroatoms. The van der Waals surface area contributed by atoms with Gasteiger partial charge in [0.1, 0.15) is 23.7 Å². The number of nitrogens with one attached hydrogen (secondary N) is 1. The number of rotatable bonds is 6. The third-order valence-corrected chi connectivity index (χ3v) is 6.26. The predicted octanol–water partition coefficient (Wildman–Crippen LogP) is 7.03. The molecular weight excluding hydrogens is 522 g/mol. The Hall–Kier alpha value is -2.80. The third-order valence-electron chi connectivity index (χ3n) is 5.46. The van der Waals surface area contributed by atoms with Crippen LogP contribution in [0.2, 0.25) is 0 Å². The van der Waals surface area contributed by atoms with Gasteiger partial charge in [0, 0.05) is 4.48 Å². The SMILES string of the molecule is CC(C)(C)OC(=O)NCCOc1ccc(C2=C(Br)CCCc3cc(OC(=O)C(C)(C)C)ccc32)cc1. The van der Waals surface area contributed by atoms with Gasteiger partial charge in [0.25, 0.3) is 0 Å². The summed E-state index contributed by atoms with van der Waals surface area (Å²) in [6.07, 6.45) is 2.37. The number of allylic oxidation sites excluding steroid dienone is 1. The van der Waals surface area contributed by atoms with Crippen molar-refractivity contribution in [1.82, 2.24) is 5.32 Å². The maximum absolute atomic E-state index is 12.3. The number of amides is 1. The molecule has 2 aromatic rings. The quantitative estimate of drug-likeness (QED) is 0.234. The second-order valence-corrected chi connectivity index (χ2v) is 11.9. The van der Waals surface area contributed by atoms with Crippen LogP contribution in [-0.4, -0.2) is 30.8 Å². The number of aryl methyl sites for hydroxylation is 1. The van der Waals surface area contributed by atoms with Crippen molar-refractivity contribution in [3.05, 3.63) is 63.6 Å². The van der Waals surface area contributed by atoms with E-state index < -0.39 is 17.1 Å². The highest BCUT2D eigenvalue weighted by Gasteiger charge is 2.25. The summed E-state index contributed by atoms with van der Waals surface area (Å²) >= 11 is 3.81. The first-order chi connectivity index (χ1) is 16.8. The van der Waals surface area contributed by atoms with Crippen molar-refractivity contribution in [2.24, 2.45) is 5.41 Å². The van der Waals surface area contributed by atoms with Gasteiger partial charge in [-0.15, -0.1) is 0 Å². The molecule has 0 aromatic heterocycles. The van der Waals surface area contributed by atoms with Crippen LogP contribution in [0, 0.1) is 5.41 Å². The van der Waals surface area contributed by atoms with Crippen LogP contribution < -0.4 is 14.8 Å². The molecule has 0 radical (unpaired) electrons. The molecule has 194 valence electrons. The highest BCUT2D eigenvalue weighted by Crippen LogP contribution is 2.39. The molecule has 0 atom stereocenters. The fourth-order valence-electron chi connectivity index (χ4n) is 3.72. The molecule has 0 spiro atoms. The number of hydrogen-bond acceptors (Lipinski definition) is 5. The molecule has 0 fully saturated rings. The van der Waals surface area contributed by atoms with Gasteiger partial charge >= 0.3 is 12.1 Å². The van der Waals surface area contributed by atoms with Crippen molar-refractivity contribution >= 4 is 33.6 Å². The zero-order valence-electron chi connectivity index (χ0n) is 22.0. The van der Waals surface area contributed by atoms with Crippen LogP contribution in [0.15, 0.2) is 46.9 Å². The Morgan fingerprint density at radius 1 is 0.944 bits per heavy atom. The van der Waals surface area contributed by atoms with Crippen molar-refractivity contribution in [3.63, 3.8) is 0 Å². The number of esters is 1. The average Bonchev–Trinajstić information content (AvgIpc) is 2.93. The van der Waals surface area contributed by atoms with E-state index in [1.807, 2.05) is 84.0 Å². The van der Waals surface area contributed by atoms with Gasteiger partial charge in [-0.25, -0.2) is 4.79 Å². The van der Waals surface area contributed by atoms with Crippen LogP contribution in [0.25, 0.3) is 5.57 Å². The Morgan fingerprint density at radius 2 is 1.61 bits per heavy atom. The molecule has 1 amide bonds. The molecule has 6 nitrogen and oxygen atoms in total. The van der Waals surface area contributed by atoms with E-state index in [0.717, 1.165) is 51.8 Å². The molecule has 1 N–H and O–H groups in total. The van der Waals surface area contributed by atoms with Gasteiger partial charge in [0.15, 0.2) is 0 Å². The lowest BCUT2D eigenvalue weighted by Gasteiger charge is -2.19. The summed E-state index contributed by atoms with van der Waals surface area (Å²) < 4.78 is 17.8. The Bertz CT molecular complexity index is 1120. The average molecular weight is 559 g/mol. The number of alkyl carbamates (subject to hydrolysis) is 1. The van der Waals surface area contributed by atoms with Crippen molar-refractivity contribution < 1.29 is 23.8 Å². The number of carbonyl (C=O) groups is 2. The third kappa shape index (κ3) is 7.85. The van der Waals surface area contributed by atoms with E-state index >= 15 is 0 Å². The zero-order valence-corrected chi connectivity index (χ0v) is 23.6. The van der Waals surface area contributed by atoms with Crippen LogP contribution in [0.5, 0.6) is 11.5 Å². The normalized spacial score (nSPS) is 14.0. The van der Waals surface area contributed by atoms with Gasteiger partial charge in [0.05, 0.1) is 12.0 Å². The van der Waals surface area contributed by atoms with E-state index in [9.17, 15) is 9.59 Å². The molecule has 0 saturated heterocycles. The molecule has 0 heterocycles. The van der Waals surface area contributed by atoms with Gasteiger partial charge < -0.3 is 19.5 Å². The molecule has 0 unspecified atom stereocenters. The standard InChI is InChI=1S/C29H36BrNO5/c1-28(2,3)26(32)35-22-14-15-23-20(18-22)8-7-9-24(30)25(23)19-10-12-21(13-11-19)34-17-16-31-27(33)36-29(4,5)6/h10-15,18H,7-9,16-17H2,1-6H3,(H,31,33). The lowest BCUT2D eigenvalue weighted by molar-refractivity contribution is -0.143. The minimum Gasteiger partial charge on any atom is -0.492 e. The van der Waals surface area contributed by atoms with Gasteiger partial charge in [0.2, 0.25) is 0 Å². The van der Waals surface area contributed by atoms with Gasteiger partial charge in [-0.3, -0.25) is 4.79 Å². The van der Waals surface area contributed by atoms with Gasteiger partial charge in [-0.2, -0.15) is 0 Å². The van der Waals surface area contributed by atoms with E-state index in [2.05, 4.69) is 21.2 Å². The van der Waals surface area contributed by atoms with E-state index in [0.29, 0.717) is 18.9 Å². The predicted molar refractivity (Wildman–Crippen MR) is 146 cm³/mol. The first-order valence-corrected chi connectivity index (χ1v) is 13.1. The molecule has 2 aromatic carbocycles. The monoisotopic (exact) mass is 557 g/mol. The Morgan fingerprint density at radius 3 is 2.25 bits per heavy atom. The van der Waals surface area contributed by atoms with E-state index in [1.54, 1.807) is 0 Å². The number of fused-ring (bicyclic) bond motifs is 1. The van der Waals surface area contributed by atoms with Crippen LogP contribution in [0.4, 0.5) is 4.79 Å². The van der Waals surface area contributed by atoms with Crippen molar-refractivity contribution in [2.75, 3.05) is 13.2 Å². The summed E-state index contributed by atoms with van der Waals surface area (Å²) in [5, 5.41) is 2.69. The smallest absolute Gasteiger partial charge is 0.407 e. The molecule has 0 bridgehead atoms. The fraction of sp³-hybridized carbons (Fsp3) is 0.448.